The first-order valence-electron chi connectivity index (χ1n) is 9.04. The van der Waals surface area contributed by atoms with Crippen molar-refractivity contribution in [1.29, 1.82) is 0 Å². The first-order valence-corrected chi connectivity index (χ1v) is 9.92. The molecule has 1 aromatic carbocycles. The monoisotopic (exact) mass is 369 g/mol. The van der Waals surface area contributed by atoms with Crippen LogP contribution in [-0.4, -0.2) is 16.1 Å². The molecular formula is C22H27NO2S. The van der Waals surface area contributed by atoms with Gasteiger partial charge < -0.3 is 5.11 Å². The Morgan fingerprint density at radius 3 is 2.27 bits per heavy atom. The van der Waals surface area contributed by atoms with Crippen molar-refractivity contribution in [1.82, 2.24) is 4.98 Å². The second-order valence-corrected chi connectivity index (χ2v) is 9.57. The normalized spacial score (nSPS) is 18.5. The minimum absolute atomic E-state index is 0.110. The van der Waals surface area contributed by atoms with Crippen molar-refractivity contribution < 1.29 is 9.90 Å². The largest absolute Gasteiger partial charge is 0.476 e. The summed E-state index contributed by atoms with van der Waals surface area (Å²) in [5, 5.41) is 11.4. The van der Waals surface area contributed by atoms with Crippen LogP contribution in [0, 0.1) is 6.92 Å². The molecular weight excluding hydrogens is 342 g/mol. The zero-order valence-electron chi connectivity index (χ0n) is 16.4. The van der Waals surface area contributed by atoms with E-state index in [0.717, 1.165) is 10.6 Å². The zero-order valence-corrected chi connectivity index (χ0v) is 17.3. The number of carboxylic acid groups (broad SMARTS) is 1. The van der Waals surface area contributed by atoms with Gasteiger partial charge in [0.25, 0.3) is 0 Å². The molecule has 0 unspecified atom stereocenters. The van der Waals surface area contributed by atoms with Gasteiger partial charge in [0.1, 0.15) is 5.01 Å². The number of carboxylic acids is 1. The lowest BCUT2D eigenvalue weighted by Crippen LogP contribution is -2.34. The van der Waals surface area contributed by atoms with Crippen molar-refractivity contribution in [2.45, 2.75) is 65.2 Å². The number of aryl methyl sites for hydroxylation is 1. The molecule has 0 aliphatic heterocycles. The molecule has 0 amide bonds. The molecule has 0 bridgehead atoms. The summed E-state index contributed by atoms with van der Waals surface area (Å²) in [6, 6.07) is 4.70. The van der Waals surface area contributed by atoms with Gasteiger partial charge in [0.05, 0.1) is 0 Å². The van der Waals surface area contributed by atoms with Gasteiger partial charge in [-0.1, -0.05) is 39.8 Å². The second kappa shape index (κ2) is 6.34. The average molecular weight is 370 g/mol. The SMILES string of the molecule is CC(=Cc1nc(C(=O)O)cs1)c1cc2c(cc1C)C(C)(C)CCC2(C)C. The van der Waals surface area contributed by atoms with Gasteiger partial charge in [-0.05, 0) is 71.4 Å². The highest BCUT2D eigenvalue weighted by Crippen LogP contribution is 2.47. The molecule has 26 heavy (non-hydrogen) atoms. The van der Waals surface area contributed by atoms with Crippen molar-refractivity contribution >= 4 is 29.0 Å². The molecule has 3 nitrogen and oxygen atoms in total. The molecule has 3 rings (SSSR count). The highest BCUT2D eigenvalue weighted by atomic mass is 32.1. The number of aromatic carboxylic acids is 1. The number of hydrogen-bond acceptors (Lipinski definition) is 3. The molecule has 0 fully saturated rings. The maximum atomic E-state index is 11.0. The zero-order chi connectivity index (χ0) is 19.3. The maximum Gasteiger partial charge on any atom is 0.355 e. The molecule has 138 valence electrons. The van der Waals surface area contributed by atoms with Crippen LogP contribution in [0.5, 0.6) is 0 Å². The number of aromatic nitrogens is 1. The van der Waals surface area contributed by atoms with Crippen LogP contribution >= 0.6 is 11.3 Å². The Labute approximate surface area is 159 Å². The molecule has 0 radical (unpaired) electrons. The van der Waals surface area contributed by atoms with E-state index in [2.05, 4.69) is 58.7 Å². The van der Waals surface area contributed by atoms with Gasteiger partial charge in [0.2, 0.25) is 0 Å². The molecule has 4 heteroatoms. The smallest absolute Gasteiger partial charge is 0.355 e. The van der Waals surface area contributed by atoms with Crippen molar-refractivity contribution in [2.24, 2.45) is 0 Å². The highest BCUT2D eigenvalue weighted by molar-refractivity contribution is 7.10. The summed E-state index contributed by atoms with van der Waals surface area (Å²) in [5.41, 5.74) is 7.00. The molecule has 1 N–H and O–H groups in total. The first kappa shape index (κ1) is 18.8. The Morgan fingerprint density at radius 1 is 1.15 bits per heavy atom. The van der Waals surface area contributed by atoms with E-state index in [1.54, 1.807) is 5.38 Å². The number of hydrogen-bond donors (Lipinski definition) is 1. The van der Waals surface area contributed by atoms with Crippen LogP contribution in [0.3, 0.4) is 0 Å². The number of carbonyl (C=O) groups is 1. The molecule has 1 aliphatic rings. The van der Waals surface area contributed by atoms with Gasteiger partial charge in [-0.3, -0.25) is 0 Å². The summed E-state index contributed by atoms with van der Waals surface area (Å²) >= 11 is 1.37. The van der Waals surface area contributed by atoms with Crippen molar-refractivity contribution in [3.63, 3.8) is 0 Å². The van der Waals surface area contributed by atoms with Gasteiger partial charge in [-0.15, -0.1) is 11.3 Å². The van der Waals surface area contributed by atoms with E-state index in [1.165, 1.54) is 46.4 Å². The van der Waals surface area contributed by atoms with E-state index >= 15 is 0 Å². The standard InChI is InChI=1S/C22H27NO2S/c1-13-9-16-17(22(5,6)8-7-21(16,3)4)11-15(13)14(2)10-19-23-18(12-26-19)20(24)25/h9-12H,7-8H2,1-6H3,(H,24,25). The van der Waals surface area contributed by atoms with Crippen LogP contribution in [-0.2, 0) is 10.8 Å². The van der Waals surface area contributed by atoms with Crippen LogP contribution in [0.25, 0.3) is 11.6 Å². The lowest BCUT2D eigenvalue weighted by Gasteiger charge is -2.42. The van der Waals surface area contributed by atoms with E-state index in [-0.39, 0.29) is 16.5 Å². The van der Waals surface area contributed by atoms with Crippen LogP contribution in [0.1, 0.15) is 85.2 Å². The first-order chi connectivity index (χ1) is 12.0. The third-order valence-electron chi connectivity index (χ3n) is 5.70. The molecule has 0 atom stereocenters. The third kappa shape index (κ3) is 3.35. The summed E-state index contributed by atoms with van der Waals surface area (Å²) in [5.74, 6) is -0.979. The number of thiazole rings is 1. The Bertz CT molecular complexity index is 903. The predicted octanol–water partition coefficient (Wildman–Crippen LogP) is 6.06. The lowest BCUT2D eigenvalue weighted by molar-refractivity contribution is 0.0691. The predicted molar refractivity (Wildman–Crippen MR) is 109 cm³/mol. The second-order valence-electron chi connectivity index (χ2n) is 8.68. The molecule has 1 heterocycles. The molecule has 0 spiro atoms. The Morgan fingerprint density at radius 2 is 1.73 bits per heavy atom. The summed E-state index contributed by atoms with van der Waals surface area (Å²) in [6.07, 6.45) is 4.39. The summed E-state index contributed by atoms with van der Waals surface area (Å²) in [7, 11) is 0. The minimum Gasteiger partial charge on any atom is -0.476 e. The van der Waals surface area contributed by atoms with Gasteiger partial charge in [0, 0.05) is 5.38 Å². The van der Waals surface area contributed by atoms with E-state index < -0.39 is 5.97 Å². The van der Waals surface area contributed by atoms with E-state index in [1.807, 2.05) is 6.08 Å². The molecule has 0 saturated carbocycles. The molecule has 2 aromatic rings. The van der Waals surface area contributed by atoms with Crippen molar-refractivity contribution in [3.05, 3.63) is 50.5 Å². The fourth-order valence-electron chi connectivity index (χ4n) is 3.86. The summed E-state index contributed by atoms with van der Waals surface area (Å²) < 4.78 is 0. The van der Waals surface area contributed by atoms with Crippen molar-refractivity contribution in [3.8, 4) is 0 Å². The number of benzene rings is 1. The van der Waals surface area contributed by atoms with Gasteiger partial charge in [-0.2, -0.15) is 0 Å². The lowest BCUT2D eigenvalue weighted by atomic mass is 9.62. The Balaban J connectivity index is 2.08. The highest BCUT2D eigenvalue weighted by Gasteiger charge is 2.37. The maximum absolute atomic E-state index is 11.0. The van der Waals surface area contributed by atoms with Gasteiger partial charge >= 0.3 is 5.97 Å². The Kier molecular flexibility index (Phi) is 4.60. The van der Waals surface area contributed by atoms with E-state index in [9.17, 15) is 4.79 Å². The van der Waals surface area contributed by atoms with Crippen LogP contribution in [0.2, 0.25) is 0 Å². The molecule has 0 saturated heterocycles. The number of rotatable bonds is 3. The van der Waals surface area contributed by atoms with Crippen LogP contribution in [0.4, 0.5) is 0 Å². The fourth-order valence-corrected chi connectivity index (χ4v) is 4.64. The van der Waals surface area contributed by atoms with Gasteiger partial charge in [-0.25, -0.2) is 9.78 Å². The number of fused-ring (bicyclic) bond motifs is 1. The van der Waals surface area contributed by atoms with E-state index in [0.29, 0.717) is 0 Å². The molecule has 1 aromatic heterocycles. The van der Waals surface area contributed by atoms with E-state index in [4.69, 9.17) is 5.11 Å². The van der Waals surface area contributed by atoms with Crippen molar-refractivity contribution in [2.75, 3.05) is 0 Å². The van der Waals surface area contributed by atoms with Gasteiger partial charge in [0.15, 0.2) is 5.69 Å². The third-order valence-corrected chi connectivity index (χ3v) is 6.50. The fraction of sp³-hybridized carbons (Fsp3) is 0.455. The Hall–Kier alpha value is -1.94. The molecule has 1 aliphatic carbocycles. The topological polar surface area (TPSA) is 50.2 Å². The number of allylic oxidation sites excluding steroid dienone is 1. The minimum atomic E-state index is -0.979. The average Bonchev–Trinajstić information content (AvgIpc) is 3.00. The van der Waals surface area contributed by atoms with Crippen LogP contribution in [0.15, 0.2) is 17.5 Å². The summed E-state index contributed by atoms with van der Waals surface area (Å²) in [6.45, 7) is 13.6. The number of nitrogens with zero attached hydrogens (tertiary/aromatic N) is 1. The summed E-state index contributed by atoms with van der Waals surface area (Å²) in [4.78, 5) is 15.2. The van der Waals surface area contributed by atoms with Crippen LogP contribution < -0.4 is 0 Å². The quantitative estimate of drug-likeness (QED) is 0.715.